The first-order valence-corrected chi connectivity index (χ1v) is 7.94. The largest absolute Gasteiger partial charge is 0.370 e. The van der Waals surface area contributed by atoms with Crippen LogP contribution in [-0.4, -0.2) is 16.5 Å². The molecule has 0 aliphatic rings. The maximum absolute atomic E-state index is 5.99. The number of hydrogen-bond donors (Lipinski definition) is 2. The number of aromatic nitrogens is 2. The summed E-state index contributed by atoms with van der Waals surface area (Å²) in [5.41, 5.74) is 1.11. The van der Waals surface area contributed by atoms with Gasteiger partial charge in [0.2, 0.25) is 0 Å². The van der Waals surface area contributed by atoms with Crippen molar-refractivity contribution in [3.8, 4) is 0 Å². The summed E-state index contributed by atoms with van der Waals surface area (Å²) in [6, 6.07) is 4.13. The van der Waals surface area contributed by atoms with Gasteiger partial charge in [-0.2, -0.15) is 0 Å². The molecule has 0 radical (unpaired) electrons. The lowest BCUT2D eigenvalue weighted by atomic mass is 10.2. The standard InChI is InChI=1S/C14H19ClN4S/c1-4-10-13(16-5-2)17-8-18-14(10)19-9(3)11-6-7-12(15)20-11/h6-9H,4-5H2,1-3H3,(H2,16,17,18,19). The number of nitrogens with one attached hydrogen (secondary N) is 2. The van der Waals surface area contributed by atoms with Crippen LogP contribution < -0.4 is 10.6 Å². The molecule has 1 unspecified atom stereocenters. The third-order valence-corrected chi connectivity index (χ3v) is 4.43. The van der Waals surface area contributed by atoms with Crippen molar-refractivity contribution >= 4 is 34.6 Å². The van der Waals surface area contributed by atoms with E-state index >= 15 is 0 Å². The van der Waals surface area contributed by atoms with Crippen LogP contribution in [0.15, 0.2) is 18.5 Å². The van der Waals surface area contributed by atoms with Gasteiger partial charge in [0.05, 0.1) is 10.4 Å². The highest BCUT2D eigenvalue weighted by molar-refractivity contribution is 7.16. The fourth-order valence-corrected chi connectivity index (χ4v) is 3.09. The molecular weight excluding hydrogens is 292 g/mol. The Kier molecular flexibility index (Phi) is 5.20. The van der Waals surface area contributed by atoms with Gasteiger partial charge in [0.1, 0.15) is 18.0 Å². The maximum Gasteiger partial charge on any atom is 0.135 e. The molecular formula is C14H19ClN4S. The number of halogens is 1. The van der Waals surface area contributed by atoms with E-state index in [4.69, 9.17) is 11.6 Å². The van der Waals surface area contributed by atoms with Crippen molar-refractivity contribution in [1.82, 2.24) is 9.97 Å². The number of rotatable bonds is 6. The predicted octanol–water partition coefficient (Wildman–Crippen LogP) is 4.36. The first kappa shape index (κ1) is 15.1. The SMILES string of the molecule is CCNc1ncnc(NC(C)c2ccc(Cl)s2)c1CC. The molecule has 2 aromatic heterocycles. The van der Waals surface area contributed by atoms with Gasteiger partial charge in [-0.3, -0.25) is 0 Å². The van der Waals surface area contributed by atoms with Crippen molar-refractivity contribution in [3.63, 3.8) is 0 Å². The summed E-state index contributed by atoms with van der Waals surface area (Å²) in [7, 11) is 0. The van der Waals surface area contributed by atoms with E-state index < -0.39 is 0 Å². The molecule has 0 aromatic carbocycles. The van der Waals surface area contributed by atoms with E-state index in [0.29, 0.717) is 0 Å². The molecule has 2 aromatic rings. The van der Waals surface area contributed by atoms with Crippen molar-refractivity contribution in [2.75, 3.05) is 17.2 Å². The second-order valence-corrected chi connectivity index (χ2v) is 6.19. The van der Waals surface area contributed by atoms with Crippen molar-refractivity contribution in [3.05, 3.63) is 33.2 Å². The molecule has 0 aliphatic carbocycles. The van der Waals surface area contributed by atoms with Crippen molar-refractivity contribution in [2.24, 2.45) is 0 Å². The highest BCUT2D eigenvalue weighted by Crippen LogP contribution is 2.30. The lowest BCUT2D eigenvalue weighted by Crippen LogP contribution is -2.12. The average molecular weight is 311 g/mol. The summed E-state index contributed by atoms with van der Waals surface area (Å²) < 4.78 is 0.806. The van der Waals surface area contributed by atoms with Gasteiger partial charge in [0.15, 0.2) is 0 Å². The second kappa shape index (κ2) is 6.90. The van der Waals surface area contributed by atoms with E-state index in [0.717, 1.165) is 34.5 Å². The monoisotopic (exact) mass is 310 g/mol. The minimum Gasteiger partial charge on any atom is -0.370 e. The summed E-state index contributed by atoms with van der Waals surface area (Å²) in [5.74, 6) is 1.79. The number of anilines is 2. The molecule has 6 heteroatoms. The van der Waals surface area contributed by atoms with Crippen LogP contribution in [0, 0.1) is 0 Å². The fourth-order valence-electron chi connectivity index (χ4n) is 2.03. The zero-order valence-corrected chi connectivity index (χ0v) is 13.5. The van der Waals surface area contributed by atoms with E-state index in [2.05, 4.69) is 41.4 Å². The Hall–Kier alpha value is -1.33. The normalized spacial score (nSPS) is 12.2. The highest BCUT2D eigenvalue weighted by atomic mass is 35.5. The van der Waals surface area contributed by atoms with Gasteiger partial charge in [-0.15, -0.1) is 11.3 Å². The third kappa shape index (κ3) is 3.41. The Morgan fingerprint density at radius 1 is 1.25 bits per heavy atom. The van der Waals surface area contributed by atoms with Gasteiger partial charge in [-0.25, -0.2) is 9.97 Å². The zero-order chi connectivity index (χ0) is 14.5. The van der Waals surface area contributed by atoms with Gasteiger partial charge in [0, 0.05) is 17.0 Å². The van der Waals surface area contributed by atoms with Gasteiger partial charge in [-0.05, 0) is 32.4 Å². The van der Waals surface area contributed by atoms with Gasteiger partial charge in [-0.1, -0.05) is 18.5 Å². The van der Waals surface area contributed by atoms with E-state index in [9.17, 15) is 0 Å². The number of thiophene rings is 1. The van der Waals surface area contributed by atoms with Crippen LogP contribution in [0.4, 0.5) is 11.6 Å². The molecule has 2 heterocycles. The number of nitrogens with zero attached hydrogens (tertiary/aromatic N) is 2. The highest BCUT2D eigenvalue weighted by Gasteiger charge is 2.13. The molecule has 1 atom stereocenters. The Labute approximate surface area is 128 Å². The van der Waals surface area contributed by atoms with Crippen molar-refractivity contribution in [2.45, 2.75) is 33.2 Å². The Morgan fingerprint density at radius 3 is 2.60 bits per heavy atom. The summed E-state index contributed by atoms with van der Waals surface area (Å²) in [6.07, 6.45) is 2.47. The number of hydrogen-bond acceptors (Lipinski definition) is 5. The van der Waals surface area contributed by atoms with Crippen LogP contribution in [0.5, 0.6) is 0 Å². The molecule has 0 saturated heterocycles. The lowest BCUT2D eigenvalue weighted by molar-refractivity contribution is 0.881. The van der Waals surface area contributed by atoms with Crippen LogP contribution >= 0.6 is 22.9 Å². The molecule has 20 heavy (non-hydrogen) atoms. The van der Waals surface area contributed by atoms with Crippen molar-refractivity contribution < 1.29 is 0 Å². The third-order valence-electron chi connectivity index (χ3n) is 3.02. The van der Waals surface area contributed by atoms with E-state index in [1.165, 1.54) is 4.88 Å². The van der Waals surface area contributed by atoms with Crippen LogP contribution in [0.1, 0.15) is 37.3 Å². The van der Waals surface area contributed by atoms with E-state index in [1.807, 2.05) is 12.1 Å². The van der Waals surface area contributed by atoms with Gasteiger partial charge in [0.25, 0.3) is 0 Å². The first-order chi connectivity index (χ1) is 9.65. The quantitative estimate of drug-likeness (QED) is 0.832. The van der Waals surface area contributed by atoms with E-state index in [-0.39, 0.29) is 6.04 Å². The molecule has 108 valence electrons. The molecule has 0 fully saturated rings. The minimum absolute atomic E-state index is 0.169. The van der Waals surface area contributed by atoms with Crippen LogP contribution in [0.2, 0.25) is 4.34 Å². The summed E-state index contributed by atoms with van der Waals surface area (Å²) in [4.78, 5) is 9.87. The second-order valence-electron chi connectivity index (χ2n) is 4.44. The predicted molar refractivity (Wildman–Crippen MR) is 86.9 cm³/mol. The topological polar surface area (TPSA) is 49.8 Å². The molecule has 0 saturated carbocycles. The Balaban J connectivity index is 2.22. The molecule has 0 amide bonds. The maximum atomic E-state index is 5.99. The zero-order valence-electron chi connectivity index (χ0n) is 11.9. The summed E-state index contributed by atoms with van der Waals surface area (Å²) in [5, 5.41) is 6.73. The molecule has 2 rings (SSSR count). The molecule has 0 spiro atoms. The van der Waals surface area contributed by atoms with Crippen LogP contribution in [0.25, 0.3) is 0 Å². The minimum atomic E-state index is 0.169. The smallest absolute Gasteiger partial charge is 0.135 e. The fraction of sp³-hybridized carbons (Fsp3) is 0.429. The van der Waals surface area contributed by atoms with Crippen molar-refractivity contribution in [1.29, 1.82) is 0 Å². The van der Waals surface area contributed by atoms with Gasteiger partial charge < -0.3 is 10.6 Å². The van der Waals surface area contributed by atoms with E-state index in [1.54, 1.807) is 17.7 Å². The lowest BCUT2D eigenvalue weighted by Gasteiger charge is -2.17. The average Bonchev–Trinajstić information content (AvgIpc) is 2.86. The molecule has 2 N–H and O–H groups in total. The first-order valence-electron chi connectivity index (χ1n) is 6.75. The Morgan fingerprint density at radius 2 is 2.00 bits per heavy atom. The molecule has 4 nitrogen and oxygen atoms in total. The molecule has 0 aliphatic heterocycles. The van der Waals surface area contributed by atoms with Crippen LogP contribution in [-0.2, 0) is 6.42 Å². The van der Waals surface area contributed by atoms with Crippen LogP contribution in [0.3, 0.4) is 0 Å². The molecule has 0 bridgehead atoms. The summed E-state index contributed by atoms with van der Waals surface area (Å²) in [6.45, 7) is 7.12. The van der Waals surface area contributed by atoms with Gasteiger partial charge >= 0.3 is 0 Å². The summed E-state index contributed by atoms with van der Waals surface area (Å²) >= 11 is 7.57. The Bertz CT molecular complexity index is 570.